The number of nitrogens with zero attached hydrogens (tertiary/aromatic N) is 2. The largest absolute Gasteiger partial charge is 0.468 e. The summed E-state index contributed by atoms with van der Waals surface area (Å²) in [6.45, 7) is 2.31. The minimum atomic E-state index is -1.38. The molecule has 0 saturated carbocycles. The van der Waals surface area contributed by atoms with E-state index < -0.39 is 23.0 Å². The minimum absolute atomic E-state index is 0.189. The van der Waals surface area contributed by atoms with Gasteiger partial charge in [0.05, 0.1) is 13.0 Å². The molecule has 0 N–H and O–H groups in total. The van der Waals surface area contributed by atoms with Crippen LogP contribution >= 0.6 is 0 Å². The Morgan fingerprint density at radius 3 is 2.21 bits per heavy atom. The number of methoxy groups -OCH3 is 1. The molecule has 0 spiro atoms. The van der Waals surface area contributed by atoms with E-state index in [1.807, 2.05) is 65.6 Å². The Kier molecular flexibility index (Phi) is 4.46. The lowest BCUT2D eigenvalue weighted by molar-refractivity contribution is -0.573. The Labute approximate surface area is 164 Å². The Bertz CT molecular complexity index is 888. The van der Waals surface area contributed by atoms with Gasteiger partial charge in [0, 0.05) is 18.4 Å². The summed E-state index contributed by atoms with van der Waals surface area (Å²) in [6, 6.07) is 18.4. The van der Waals surface area contributed by atoms with Gasteiger partial charge < -0.3 is 4.74 Å². The predicted octanol–water partition coefficient (Wildman–Crippen LogP) is 3.57. The molecule has 2 fully saturated rings. The molecular weight excluding hydrogens is 356 g/mol. The molecule has 146 valence electrons. The first-order valence-electron chi connectivity index (χ1n) is 9.57. The fraction of sp³-hybridized carbons (Fsp3) is 0.409. The van der Waals surface area contributed by atoms with Gasteiger partial charge in [-0.2, -0.15) is 0 Å². The molecule has 4 rings (SSSR count). The van der Waals surface area contributed by atoms with E-state index in [4.69, 9.17) is 4.74 Å². The highest BCUT2D eigenvalue weighted by Crippen LogP contribution is 2.62. The van der Waals surface area contributed by atoms with Crippen molar-refractivity contribution in [1.82, 2.24) is 4.90 Å². The summed E-state index contributed by atoms with van der Waals surface area (Å²) in [4.78, 5) is 27.7. The van der Waals surface area contributed by atoms with E-state index in [0.29, 0.717) is 13.0 Å². The highest BCUT2D eigenvalue weighted by atomic mass is 16.6. The molecule has 28 heavy (non-hydrogen) atoms. The number of rotatable bonds is 4. The molecule has 2 saturated heterocycles. The third-order valence-corrected chi connectivity index (χ3v) is 6.58. The van der Waals surface area contributed by atoms with Crippen molar-refractivity contribution in [2.75, 3.05) is 13.7 Å². The van der Waals surface area contributed by atoms with Crippen LogP contribution in [-0.2, 0) is 9.53 Å². The third-order valence-electron chi connectivity index (χ3n) is 6.58. The van der Waals surface area contributed by atoms with Gasteiger partial charge in [0.2, 0.25) is 5.54 Å². The molecular formula is C22H24N2O4. The summed E-state index contributed by atoms with van der Waals surface area (Å²) < 4.78 is 5.24. The van der Waals surface area contributed by atoms with Crippen LogP contribution in [0.1, 0.15) is 42.9 Å². The molecule has 6 heteroatoms. The number of carbonyl (C=O) groups is 1. The highest BCUT2D eigenvalue weighted by Gasteiger charge is 2.76. The van der Waals surface area contributed by atoms with E-state index in [2.05, 4.69) is 0 Å². The van der Waals surface area contributed by atoms with Crippen LogP contribution in [-0.4, -0.2) is 40.5 Å². The molecule has 0 radical (unpaired) electrons. The summed E-state index contributed by atoms with van der Waals surface area (Å²) in [5.41, 5.74) is -0.761. The topological polar surface area (TPSA) is 72.7 Å². The molecule has 0 aliphatic carbocycles. The number of hydrogen-bond acceptors (Lipinski definition) is 5. The van der Waals surface area contributed by atoms with E-state index in [1.54, 1.807) is 6.92 Å². The summed E-state index contributed by atoms with van der Waals surface area (Å²) >= 11 is 0. The van der Waals surface area contributed by atoms with Crippen LogP contribution in [0, 0.1) is 10.1 Å². The number of carbonyl (C=O) groups excluding carboxylic acids is 1. The van der Waals surface area contributed by atoms with Gasteiger partial charge in [0.15, 0.2) is 0 Å². The molecule has 0 bridgehead atoms. The smallest absolute Gasteiger partial charge is 0.327 e. The number of ether oxygens (including phenoxy) is 1. The van der Waals surface area contributed by atoms with Crippen LogP contribution in [0.3, 0.4) is 0 Å². The number of benzene rings is 2. The quantitative estimate of drug-likeness (QED) is 0.461. The van der Waals surface area contributed by atoms with Gasteiger partial charge in [-0.15, -0.1) is 0 Å². The highest BCUT2D eigenvalue weighted by molar-refractivity contribution is 5.84. The van der Waals surface area contributed by atoms with Crippen molar-refractivity contribution >= 4 is 5.97 Å². The third kappa shape index (κ3) is 2.34. The molecule has 0 amide bonds. The van der Waals surface area contributed by atoms with Crippen molar-refractivity contribution in [3.63, 3.8) is 0 Å². The van der Waals surface area contributed by atoms with E-state index in [-0.39, 0.29) is 10.9 Å². The Hall–Kier alpha value is -2.73. The van der Waals surface area contributed by atoms with Crippen molar-refractivity contribution in [3.8, 4) is 0 Å². The summed E-state index contributed by atoms with van der Waals surface area (Å²) in [5, 5.41) is 12.6. The average Bonchev–Trinajstić information content (AvgIpc) is 3.22. The number of nitro groups is 1. The van der Waals surface area contributed by atoms with Gasteiger partial charge in [-0.3, -0.25) is 19.8 Å². The molecule has 4 atom stereocenters. The average molecular weight is 380 g/mol. The second-order valence-electron chi connectivity index (χ2n) is 7.85. The first-order chi connectivity index (χ1) is 13.5. The zero-order valence-electron chi connectivity index (χ0n) is 16.1. The lowest BCUT2D eigenvalue weighted by Crippen LogP contribution is -2.52. The molecule has 2 aromatic rings. The molecule has 0 unspecified atom stereocenters. The fourth-order valence-electron chi connectivity index (χ4n) is 5.62. The van der Waals surface area contributed by atoms with Crippen LogP contribution in [0.15, 0.2) is 60.7 Å². The maximum atomic E-state index is 13.2. The number of esters is 1. The lowest BCUT2D eigenvalue weighted by Gasteiger charge is -2.35. The van der Waals surface area contributed by atoms with Gasteiger partial charge in [-0.05, 0) is 24.0 Å². The van der Waals surface area contributed by atoms with Gasteiger partial charge in [0.25, 0.3) is 0 Å². The van der Waals surface area contributed by atoms with Crippen molar-refractivity contribution in [3.05, 3.63) is 81.9 Å². The Balaban J connectivity index is 2.02. The van der Waals surface area contributed by atoms with Crippen LogP contribution in [0.25, 0.3) is 0 Å². The number of hydrogen-bond donors (Lipinski definition) is 0. The van der Waals surface area contributed by atoms with Crippen molar-refractivity contribution in [2.24, 2.45) is 0 Å². The van der Waals surface area contributed by atoms with Crippen LogP contribution in [0.2, 0.25) is 0 Å². The number of fused-ring (bicyclic) bond motifs is 1. The summed E-state index contributed by atoms with van der Waals surface area (Å²) in [7, 11) is 1.37. The van der Waals surface area contributed by atoms with Crippen molar-refractivity contribution in [2.45, 2.75) is 42.8 Å². The Morgan fingerprint density at radius 2 is 1.68 bits per heavy atom. The molecule has 6 nitrogen and oxygen atoms in total. The molecule has 2 heterocycles. The van der Waals surface area contributed by atoms with Crippen molar-refractivity contribution < 1.29 is 14.5 Å². The molecule has 2 aromatic carbocycles. The summed E-state index contributed by atoms with van der Waals surface area (Å²) in [6.07, 6.45) is 1.35. The van der Waals surface area contributed by atoms with Gasteiger partial charge in [-0.1, -0.05) is 60.7 Å². The second kappa shape index (κ2) is 6.71. The SMILES string of the molecule is COC(=O)[C@@]12CCCN1[C@H](c1ccccc1)[C@@](C)([N+](=O)[O-])[C@@H]2c1ccccc1. The maximum Gasteiger partial charge on any atom is 0.327 e. The van der Waals surface area contributed by atoms with E-state index in [0.717, 1.165) is 17.5 Å². The van der Waals surface area contributed by atoms with E-state index >= 15 is 0 Å². The summed E-state index contributed by atoms with van der Waals surface area (Å²) in [5.74, 6) is -0.998. The van der Waals surface area contributed by atoms with Crippen molar-refractivity contribution in [1.29, 1.82) is 0 Å². The zero-order chi connectivity index (χ0) is 19.9. The molecule has 2 aliphatic rings. The predicted molar refractivity (Wildman–Crippen MR) is 104 cm³/mol. The van der Waals surface area contributed by atoms with Gasteiger partial charge >= 0.3 is 5.97 Å². The van der Waals surface area contributed by atoms with Gasteiger partial charge in [0.1, 0.15) is 11.6 Å². The standard InChI is InChI=1S/C22H24N2O4/c1-21(24(26)27)18(16-10-5-3-6-11-16)22(20(25)28-2)14-9-15-23(22)19(21)17-12-7-4-8-13-17/h3-8,10-13,18-19H,9,14-15H2,1-2H3/t18-,19+,21-,22-/m0/s1. The van der Waals surface area contributed by atoms with Gasteiger partial charge in [-0.25, -0.2) is 0 Å². The Morgan fingerprint density at radius 1 is 1.11 bits per heavy atom. The first kappa shape index (κ1) is 18.6. The van der Waals surface area contributed by atoms with Crippen LogP contribution in [0.5, 0.6) is 0 Å². The lowest BCUT2D eigenvalue weighted by atomic mass is 9.69. The van der Waals surface area contributed by atoms with E-state index in [9.17, 15) is 14.9 Å². The second-order valence-corrected chi connectivity index (χ2v) is 7.85. The monoisotopic (exact) mass is 380 g/mol. The normalized spacial score (nSPS) is 32.1. The molecule has 0 aromatic heterocycles. The fourth-order valence-corrected chi connectivity index (χ4v) is 5.62. The minimum Gasteiger partial charge on any atom is -0.468 e. The van der Waals surface area contributed by atoms with Crippen LogP contribution < -0.4 is 0 Å². The van der Waals surface area contributed by atoms with E-state index in [1.165, 1.54) is 7.11 Å². The maximum absolute atomic E-state index is 13.2. The van der Waals surface area contributed by atoms with Crippen LogP contribution in [0.4, 0.5) is 0 Å². The first-order valence-corrected chi connectivity index (χ1v) is 9.57. The zero-order valence-corrected chi connectivity index (χ0v) is 16.1. The molecule has 2 aliphatic heterocycles.